The van der Waals surface area contributed by atoms with Crippen molar-refractivity contribution in [3.8, 4) is 6.07 Å². The van der Waals surface area contributed by atoms with Crippen LogP contribution in [0, 0.1) is 11.3 Å². The van der Waals surface area contributed by atoms with Gasteiger partial charge in [-0.15, -0.1) is 0 Å². The van der Waals surface area contributed by atoms with Gasteiger partial charge in [-0.05, 0) is 25.1 Å². The molecule has 0 aliphatic rings. The second kappa shape index (κ2) is 6.29. The molecule has 2 aromatic rings. The zero-order valence-electron chi connectivity index (χ0n) is 10.9. The van der Waals surface area contributed by atoms with Crippen molar-refractivity contribution in [2.75, 3.05) is 17.2 Å². The van der Waals surface area contributed by atoms with Crippen LogP contribution in [0.25, 0.3) is 0 Å². The molecule has 0 atom stereocenters. The van der Waals surface area contributed by atoms with Crippen LogP contribution in [-0.2, 0) is 0 Å². The highest BCUT2D eigenvalue weighted by Gasteiger charge is 2.08. The van der Waals surface area contributed by atoms with E-state index in [0.29, 0.717) is 17.1 Å². The topological polar surface area (TPSA) is 90.7 Å². The molecular formula is C14H13N5O. The quantitative estimate of drug-likeness (QED) is 0.884. The number of nitrogens with one attached hydrogen (secondary N) is 2. The lowest BCUT2D eigenvalue weighted by Gasteiger charge is -2.05. The summed E-state index contributed by atoms with van der Waals surface area (Å²) in [5.74, 6) is 0.256. The van der Waals surface area contributed by atoms with E-state index < -0.39 is 0 Å². The fourth-order valence-corrected chi connectivity index (χ4v) is 1.58. The van der Waals surface area contributed by atoms with Crippen molar-refractivity contribution in [2.45, 2.75) is 6.92 Å². The van der Waals surface area contributed by atoms with Gasteiger partial charge in [0, 0.05) is 12.2 Å². The van der Waals surface area contributed by atoms with Crippen LogP contribution in [0.2, 0.25) is 0 Å². The first-order valence-corrected chi connectivity index (χ1v) is 6.10. The predicted molar refractivity (Wildman–Crippen MR) is 75.3 cm³/mol. The van der Waals surface area contributed by atoms with Gasteiger partial charge in [-0.2, -0.15) is 5.26 Å². The van der Waals surface area contributed by atoms with Gasteiger partial charge < -0.3 is 10.6 Å². The van der Waals surface area contributed by atoms with Crippen LogP contribution in [0.5, 0.6) is 0 Å². The Kier molecular flexibility index (Phi) is 4.24. The highest BCUT2D eigenvalue weighted by Crippen LogP contribution is 2.11. The second-order valence-electron chi connectivity index (χ2n) is 3.96. The zero-order chi connectivity index (χ0) is 14.4. The number of anilines is 2. The van der Waals surface area contributed by atoms with E-state index in [1.54, 1.807) is 24.3 Å². The lowest BCUT2D eigenvalue weighted by molar-refractivity contribution is 0.102. The minimum atomic E-state index is -0.365. The maximum atomic E-state index is 12.0. The number of amides is 1. The molecule has 1 aromatic carbocycles. The molecule has 1 aromatic heterocycles. The summed E-state index contributed by atoms with van der Waals surface area (Å²) in [6, 6.07) is 8.69. The van der Waals surface area contributed by atoms with E-state index in [-0.39, 0.29) is 11.6 Å². The summed E-state index contributed by atoms with van der Waals surface area (Å²) in [7, 11) is 0. The Morgan fingerprint density at radius 3 is 2.85 bits per heavy atom. The minimum absolute atomic E-state index is 0.217. The lowest BCUT2D eigenvalue weighted by Crippen LogP contribution is -2.14. The maximum absolute atomic E-state index is 12.0. The van der Waals surface area contributed by atoms with Gasteiger partial charge in [0.05, 0.1) is 24.0 Å². The normalized spacial score (nSPS) is 9.60. The van der Waals surface area contributed by atoms with Crippen LogP contribution >= 0.6 is 0 Å². The first-order chi connectivity index (χ1) is 9.72. The van der Waals surface area contributed by atoms with Crippen molar-refractivity contribution in [1.82, 2.24) is 9.97 Å². The Bertz CT molecular complexity index is 645. The average molecular weight is 267 g/mol. The number of nitriles is 1. The van der Waals surface area contributed by atoms with Gasteiger partial charge in [-0.25, -0.2) is 9.97 Å². The Hall–Kier alpha value is -2.94. The van der Waals surface area contributed by atoms with E-state index in [2.05, 4.69) is 20.6 Å². The van der Waals surface area contributed by atoms with Gasteiger partial charge in [0.15, 0.2) is 0 Å². The summed E-state index contributed by atoms with van der Waals surface area (Å²) in [4.78, 5) is 20.1. The van der Waals surface area contributed by atoms with Crippen molar-refractivity contribution >= 4 is 17.4 Å². The molecule has 6 heteroatoms. The Morgan fingerprint density at radius 1 is 1.35 bits per heavy atom. The molecule has 1 heterocycles. The molecule has 0 aliphatic carbocycles. The number of aromatic nitrogens is 2. The Labute approximate surface area is 116 Å². The molecule has 0 bridgehead atoms. The van der Waals surface area contributed by atoms with Gasteiger partial charge in [0.2, 0.25) is 0 Å². The zero-order valence-corrected chi connectivity index (χ0v) is 10.9. The summed E-state index contributed by atoms with van der Waals surface area (Å²) in [5.41, 5.74) is 1.25. The van der Waals surface area contributed by atoms with Crippen LogP contribution in [0.4, 0.5) is 11.5 Å². The smallest absolute Gasteiger partial charge is 0.275 e. The summed E-state index contributed by atoms with van der Waals surface area (Å²) in [6.45, 7) is 2.69. The van der Waals surface area contributed by atoms with Gasteiger partial charge >= 0.3 is 0 Å². The van der Waals surface area contributed by atoms with Crippen molar-refractivity contribution in [3.63, 3.8) is 0 Å². The standard InChI is InChI=1S/C14H13N5O/c1-2-16-13-9-17-12(8-18-13)14(20)19-11-5-3-4-10(6-11)7-15/h3-6,8-9H,2H2,1H3,(H,16,18)(H,19,20). The largest absolute Gasteiger partial charge is 0.369 e. The molecular weight excluding hydrogens is 254 g/mol. The van der Waals surface area contributed by atoms with E-state index in [1.165, 1.54) is 12.4 Å². The van der Waals surface area contributed by atoms with Crippen molar-refractivity contribution < 1.29 is 4.79 Å². The molecule has 0 fully saturated rings. The number of carbonyl (C=O) groups excluding carboxylic acids is 1. The number of rotatable bonds is 4. The second-order valence-corrected chi connectivity index (χ2v) is 3.96. The maximum Gasteiger partial charge on any atom is 0.275 e. The summed E-state index contributed by atoms with van der Waals surface area (Å²) in [5, 5.41) is 14.5. The molecule has 100 valence electrons. The first-order valence-electron chi connectivity index (χ1n) is 6.10. The molecule has 6 nitrogen and oxygen atoms in total. The van der Waals surface area contributed by atoms with Crippen LogP contribution < -0.4 is 10.6 Å². The summed E-state index contributed by atoms with van der Waals surface area (Å²) >= 11 is 0. The van der Waals surface area contributed by atoms with Crippen LogP contribution in [0.3, 0.4) is 0 Å². The molecule has 0 saturated heterocycles. The molecule has 2 N–H and O–H groups in total. The number of hydrogen-bond donors (Lipinski definition) is 2. The van der Waals surface area contributed by atoms with Gasteiger partial charge in [-0.3, -0.25) is 4.79 Å². The molecule has 20 heavy (non-hydrogen) atoms. The molecule has 0 unspecified atom stereocenters. The van der Waals surface area contributed by atoms with E-state index in [9.17, 15) is 4.79 Å². The first kappa shape index (κ1) is 13.5. The van der Waals surface area contributed by atoms with Crippen LogP contribution in [0.15, 0.2) is 36.7 Å². The molecule has 2 rings (SSSR count). The third kappa shape index (κ3) is 3.29. The van der Waals surface area contributed by atoms with E-state index in [4.69, 9.17) is 5.26 Å². The van der Waals surface area contributed by atoms with Crippen LogP contribution in [-0.4, -0.2) is 22.4 Å². The van der Waals surface area contributed by atoms with Crippen molar-refractivity contribution in [3.05, 3.63) is 47.9 Å². The van der Waals surface area contributed by atoms with Crippen molar-refractivity contribution in [2.24, 2.45) is 0 Å². The van der Waals surface area contributed by atoms with E-state index in [0.717, 1.165) is 6.54 Å². The number of benzene rings is 1. The highest BCUT2D eigenvalue weighted by atomic mass is 16.1. The summed E-state index contributed by atoms with van der Waals surface area (Å²) in [6.07, 6.45) is 2.91. The summed E-state index contributed by atoms with van der Waals surface area (Å²) < 4.78 is 0. The Morgan fingerprint density at radius 2 is 2.20 bits per heavy atom. The van der Waals surface area contributed by atoms with E-state index in [1.807, 2.05) is 13.0 Å². The average Bonchev–Trinajstić information content (AvgIpc) is 2.48. The van der Waals surface area contributed by atoms with Gasteiger partial charge in [0.1, 0.15) is 11.5 Å². The third-order valence-electron chi connectivity index (χ3n) is 2.49. The number of carbonyl (C=O) groups is 1. The van der Waals surface area contributed by atoms with Gasteiger partial charge in [-0.1, -0.05) is 6.07 Å². The molecule has 0 aliphatic heterocycles. The predicted octanol–water partition coefficient (Wildman–Crippen LogP) is 2.03. The third-order valence-corrected chi connectivity index (χ3v) is 2.49. The minimum Gasteiger partial charge on any atom is -0.369 e. The molecule has 0 radical (unpaired) electrons. The highest BCUT2D eigenvalue weighted by molar-refractivity contribution is 6.02. The fourth-order valence-electron chi connectivity index (χ4n) is 1.58. The molecule has 0 spiro atoms. The van der Waals surface area contributed by atoms with Crippen molar-refractivity contribution in [1.29, 1.82) is 5.26 Å². The Balaban J connectivity index is 2.09. The SMILES string of the molecule is CCNc1cnc(C(=O)Nc2cccc(C#N)c2)cn1. The lowest BCUT2D eigenvalue weighted by atomic mass is 10.2. The number of nitrogens with zero attached hydrogens (tertiary/aromatic N) is 3. The fraction of sp³-hybridized carbons (Fsp3) is 0.143. The van der Waals surface area contributed by atoms with Crippen LogP contribution in [0.1, 0.15) is 23.0 Å². The van der Waals surface area contributed by atoms with Gasteiger partial charge in [0.25, 0.3) is 5.91 Å². The molecule has 1 amide bonds. The molecule has 0 saturated carbocycles. The van der Waals surface area contributed by atoms with E-state index >= 15 is 0 Å². The number of hydrogen-bond acceptors (Lipinski definition) is 5. The monoisotopic (exact) mass is 267 g/mol.